The molecule has 1 aromatic rings. The van der Waals surface area contributed by atoms with E-state index in [-0.39, 0.29) is 11.8 Å². The van der Waals surface area contributed by atoms with Crippen LogP contribution < -0.4 is 4.48 Å². The first-order valence-electron chi connectivity index (χ1n) is 5.13. The Bertz CT molecular complexity index is 341. The highest BCUT2D eigenvalue weighted by Gasteiger charge is 2.26. The summed E-state index contributed by atoms with van der Waals surface area (Å²) >= 11 is 0. The van der Waals surface area contributed by atoms with Crippen molar-refractivity contribution in [1.82, 2.24) is 0 Å². The number of hydrogen-bond acceptors (Lipinski definition) is 2. The molecule has 1 unspecified atom stereocenters. The normalized spacial score (nSPS) is 11.9. The summed E-state index contributed by atoms with van der Waals surface area (Å²) < 4.78 is 6.86. The van der Waals surface area contributed by atoms with E-state index in [2.05, 4.69) is 0 Å². The molecule has 1 aromatic heterocycles. The smallest absolute Gasteiger partial charge is 0.466 e. The standard InChI is InChI=1S/C11H16BNO2/c1-4-15-11(14)10(3)12-13-8-6-5-7-9(13)2/h5-8,10H,4H2,1-3H3/q+1. The van der Waals surface area contributed by atoms with Crippen molar-refractivity contribution in [2.75, 3.05) is 6.61 Å². The van der Waals surface area contributed by atoms with Crippen molar-refractivity contribution in [3.05, 3.63) is 30.1 Å². The van der Waals surface area contributed by atoms with Crippen molar-refractivity contribution < 1.29 is 14.0 Å². The molecule has 0 saturated carbocycles. The third kappa shape index (κ3) is 3.38. The van der Waals surface area contributed by atoms with Gasteiger partial charge in [0, 0.05) is 13.0 Å². The Morgan fingerprint density at radius 3 is 2.93 bits per heavy atom. The van der Waals surface area contributed by atoms with Gasteiger partial charge in [-0.25, -0.2) is 0 Å². The van der Waals surface area contributed by atoms with Gasteiger partial charge in [0.1, 0.15) is 12.0 Å². The zero-order chi connectivity index (χ0) is 11.3. The molecule has 3 nitrogen and oxygen atoms in total. The first-order chi connectivity index (χ1) is 7.15. The molecule has 0 aliphatic rings. The van der Waals surface area contributed by atoms with E-state index >= 15 is 0 Å². The summed E-state index contributed by atoms with van der Waals surface area (Å²) in [6.07, 6.45) is 1.92. The van der Waals surface area contributed by atoms with Crippen molar-refractivity contribution in [2.45, 2.75) is 26.6 Å². The lowest BCUT2D eigenvalue weighted by molar-refractivity contribution is -0.538. The summed E-state index contributed by atoms with van der Waals surface area (Å²) in [5.74, 6) is -0.413. The molecule has 1 radical (unpaired) electrons. The van der Waals surface area contributed by atoms with Crippen molar-refractivity contribution in [3.63, 3.8) is 0 Å². The van der Waals surface area contributed by atoms with E-state index < -0.39 is 0 Å². The zero-order valence-corrected chi connectivity index (χ0v) is 9.43. The number of hydrogen-bond donors (Lipinski definition) is 0. The van der Waals surface area contributed by atoms with Crippen LogP contribution in [-0.4, -0.2) is 20.0 Å². The van der Waals surface area contributed by atoms with Gasteiger partial charge in [0.2, 0.25) is 0 Å². The number of rotatable bonds is 4. The fourth-order valence-electron chi connectivity index (χ4n) is 1.28. The molecule has 1 rings (SSSR count). The van der Waals surface area contributed by atoms with Crippen LogP contribution in [0.4, 0.5) is 0 Å². The maximum atomic E-state index is 11.4. The highest BCUT2D eigenvalue weighted by Crippen LogP contribution is 2.02. The molecular weight excluding hydrogens is 189 g/mol. The first kappa shape index (κ1) is 11.8. The number of nitrogens with zero attached hydrogens (tertiary/aromatic N) is 1. The highest BCUT2D eigenvalue weighted by molar-refractivity contribution is 6.34. The maximum absolute atomic E-state index is 11.4. The van der Waals surface area contributed by atoms with E-state index in [1.54, 1.807) is 0 Å². The van der Waals surface area contributed by atoms with Gasteiger partial charge >= 0.3 is 13.4 Å². The predicted molar refractivity (Wildman–Crippen MR) is 58.6 cm³/mol. The molecule has 15 heavy (non-hydrogen) atoms. The number of pyridine rings is 1. The van der Waals surface area contributed by atoms with Gasteiger partial charge in [-0.05, 0) is 13.0 Å². The van der Waals surface area contributed by atoms with Gasteiger partial charge in [0.15, 0.2) is 5.69 Å². The lowest BCUT2D eigenvalue weighted by atomic mass is 9.76. The van der Waals surface area contributed by atoms with Crippen LogP contribution in [0.15, 0.2) is 24.4 Å². The van der Waals surface area contributed by atoms with Crippen LogP contribution >= 0.6 is 0 Å². The first-order valence-corrected chi connectivity index (χ1v) is 5.13. The molecule has 79 valence electrons. The van der Waals surface area contributed by atoms with Crippen LogP contribution in [-0.2, 0) is 9.53 Å². The van der Waals surface area contributed by atoms with Crippen LogP contribution in [0.1, 0.15) is 19.5 Å². The topological polar surface area (TPSA) is 30.2 Å². The summed E-state index contributed by atoms with van der Waals surface area (Å²) in [4.78, 5) is 11.4. The van der Waals surface area contributed by atoms with Crippen molar-refractivity contribution >= 4 is 13.4 Å². The number of carbonyl (C=O) groups is 1. The Kier molecular flexibility index (Phi) is 4.34. The molecule has 1 heterocycles. The lowest BCUT2D eigenvalue weighted by Crippen LogP contribution is -2.46. The molecular formula is C11H16BNO2+. The van der Waals surface area contributed by atoms with Crippen LogP contribution in [0.25, 0.3) is 0 Å². The summed E-state index contributed by atoms with van der Waals surface area (Å²) in [6.45, 7) is 6.06. The molecule has 4 heteroatoms. The van der Waals surface area contributed by atoms with Crippen LogP contribution in [0.3, 0.4) is 0 Å². The molecule has 1 atom stereocenters. The molecule has 0 saturated heterocycles. The molecule has 0 aromatic carbocycles. The Balaban J connectivity index is 2.62. The minimum Gasteiger partial charge on any atom is -0.466 e. The van der Waals surface area contributed by atoms with Crippen LogP contribution in [0.5, 0.6) is 0 Å². The molecule has 0 fully saturated rings. The number of aromatic nitrogens is 1. The largest absolute Gasteiger partial charge is 0.554 e. The Labute approximate surface area is 91.3 Å². The average molecular weight is 205 g/mol. The second-order valence-electron chi connectivity index (χ2n) is 3.44. The van der Waals surface area contributed by atoms with Crippen molar-refractivity contribution in [1.29, 1.82) is 0 Å². The summed E-state index contributed by atoms with van der Waals surface area (Å²) in [7, 11) is 1.85. The molecule has 0 aliphatic heterocycles. The summed E-state index contributed by atoms with van der Waals surface area (Å²) in [5.41, 5.74) is 1.09. The predicted octanol–water partition coefficient (Wildman–Crippen LogP) is 1.12. The van der Waals surface area contributed by atoms with Crippen molar-refractivity contribution in [3.8, 4) is 0 Å². The minimum atomic E-state index is -0.226. The number of aryl methyl sites for hydroxylation is 1. The third-order valence-electron chi connectivity index (χ3n) is 2.15. The van der Waals surface area contributed by atoms with Gasteiger partial charge in [0.05, 0.1) is 6.61 Å². The Morgan fingerprint density at radius 1 is 1.60 bits per heavy atom. The molecule has 0 aliphatic carbocycles. The fraction of sp³-hybridized carbons (Fsp3) is 0.455. The van der Waals surface area contributed by atoms with Crippen LogP contribution in [0, 0.1) is 6.92 Å². The maximum Gasteiger partial charge on any atom is 0.554 e. The third-order valence-corrected chi connectivity index (χ3v) is 2.15. The van der Waals surface area contributed by atoms with Gasteiger partial charge in [-0.3, -0.25) is 9.27 Å². The molecule has 0 spiro atoms. The van der Waals surface area contributed by atoms with E-state index in [9.17, 15) is 4.79 Å². The minimum absolute atomic E-state index is 0.187. The van der Waals surface area contributed by atoms with E-state index in [1.807, 2.05) is 57.1 Å². The van der Waals surface area contributed by atoms with Gasteiger partial charge in [-0.2, -0.15) is 0 Å². The SMILES string of the molecule is CCOC(=O)C(C)[B][n+]1ccccc1C. The Hall–Kier alpha value is -1.32. The van der Waals surface area contributed by atoms with E-state index in [0.717, 1.165) is 5.69 Å². The molecule has 0 amide bonds. The number of ether oxygens (including phenoxy) is 1. The fourth-order valence-corrected chi connectivity index (χ4v) is 1.28. The molecule has 0 N–H and O–H groups in total. The number of carbonyl (C=O) groups excluding carboxylic acids is 1. The van der Waals surface area contributed by atoms with Gasteiger partial charge < -0.3 is 4.74 Å². The van der Waals surface area contributed by atoms with Gasteiger partial charge in [-0.1, -0.05) is 13.0 Å². The monoisotopic (exact) mass is 205 g/mol. The summed E-state index contributed by atoms with van der Waals surface area (Å²) in [6, 6.07) is 5.89. The van der Waals surface area contributed by atoms with Gasteiger partial charge in [-0.15, -0.1) is 0 Å². The van der Waals surface area contributed by atoms with Crippen molar-refractivity contribution in [2.24, 2.45) is 0 Å². The zero-order valence-electron chi connectivity index (χ0n) is 9.43. The van der Waals surface area contributed by atoms with E-state index in [1.165, 1.54) is 0 Å². The van der Waals surface area contributed by atoms with E-state index in [4.69, 9.17) is 4.74 Å². The van der Waals surface area contributed by atoms with E-state index in [0.29, 0.717) is 6.61 Å². The second kappa shape index (κ2) is 5.54. The second-order valence-corrected chi connectivity index (χ2v) is 3.44. The number of esters is 1. The van der Waals surface area contributed by atoms with Gasteiger partial charge in [0.25, 0.3) is 0 Å². The van der Waals surface area contributed by atoms with Crippen LogP contribution in [0.2, 0.25) is 5.82 Å². The quantitative estimate of drug-likeness (QED) is 0.544. The highest BCUT2D eigenvalue weighted by atomic mass is 16.5. The average Bonchev–Trinajstić information content (AvgIpc) is 2.21. The Morgan fingerprint density at radius 2 is 2.33 bits per heavy atom. The molecule has 0 bridgehead atoms. The lowest BCUT2D eigenvalue weighted by Gasteiger charge is -2.05. The summed E-state index contributed by atoms with van der Waals surface area (Å²) in [5, 5.41) is 0.